The van der Waals surface area contributed by atoms with Crippen molar-refractivity contribution in [3.8, 4) is 28.1 Å². The molecular weight excluding hydrogens is 629 g/mol. The summed E-state index contributed by atoms with van der Waals surface area (Å²) in [5, 5.41) is 3.40. The van der Waals surface area contributed by atoms with Crippen LogP contribution in [0.15, 0.2) is 206 Å². The van der Waals surface area contributed by atoms with Crippen molar-refractivity contribution >= 4 is 50.8 Å². The van der Waals surface area contributed by atoms with Crippen molar-refractivity contribution in [3.63, 3.8) is 0 Å². The zero-order valence-corrected chi connectivity index (χ0v) is 28.5. The van der Waals surface area contributed by atoms with E-state index in [1.807, 2.05) is 66.7 Å². The maximum atomic E-state index is 9.35. The summed E-state index contributed by atoms with van der Waals surface area (Å²) in [6, 6.07) is 71.2. The van der Waals surface area contributed by atoms with E-state index < -0.39 is 0 Å². The molecule has 2 nitrogen and oxygen atoms in total. The van der Waals surface area contributed by atoms with Gasteiger partial charge in [0.05, 0.1) is 14.0 Å². The zero-order valence-electron chi connectivity index (χ0n) is 30.5. The largest absolute Gasteiger partial charge is 0.310 e. The van der Waals surface area contributed by atoms with E-state index in [2.05, 4.69) is 149 Å². The average Bonchev–Trinajstić information content (AvgIpc) is 3.59. The van der Waals surface area contributed by atoms with Crippen molar-refractivity contribution in [1.82, 2.24) is 4.57 Å². The second-order valence-electron chi connectivity index (χ2n) is 12.9. The third kappa shape index (κ3) is 5.97. The SMILES string of the molecule is [2H]/C(=C(/[2H])c1ccc2c(c1)c(-c1ccccc1)c(-c1ccccc1)n2-c1ccccc1)c1ccc(N(c2ccccc2)c2ccc3ccccc3c2)cc1. The van der Waals surface area contributed by atoms with Crippen molar-refractivity contribution in [2.75, 3.05) is 4.90 Å². The van der Waals surface area contributed by atoms with Crippen LogP contribution in [0, 0.1) is 0 Å². The van der Waals surface area contributed by atoms with Crippen molar-refractivity contribution < 1.29 is 2.74 Å². The van der Waals surface area contributed by atoms with Gasteiger partial charge >= 0.3 is 0 Å². The molecule has 0 unspecified atom stereocenters. The number of hydrogen-bond acceptors (Lipinski definition) is 1. The van der Waals surface area contributed by atoms with Gasteiger partial charge in [0.1, 0.15) is 0 Å². The smallest absolute Gasteiger partial charge is 0.0629 e. The van der Waals surface area contributed by atoms with Crippen LogP contribution in [0.5, 0.6) is 0 Å². The summed E-state index contributed by atoms with van der Waals surface area (Å²) in [4.78, 5) is 2.23. The fourth-order valence-corrected chi connectivity index (χ4v) is 7.16. The lowest BCUT2D eigenvalue weighted by atomic mass is 9.97. The standard InChI is InChI=1S/C50H36N2/c1-5-16-40(17-6-1)49-47-35-38(29-34-48(47)52(44-23-11-4-12-24-44)50(49)41-18-7-2-8-19-41)26-25-37-27-31-45(32-28-37)51(43-21-9-3-10-22-43)46-33-30-39-15-13-14-20-42(39)36-46/h1-36H/b26-25+/i25D,26D. The van der Waals surface area contributed by atoms with Gasteiger partial charge in [-0.2, -0.15) is 0 Å². The predicted molar refractivity (Wildman–Crippen MR) is 222 cm³/mol. The molecule has 0 amide bonds. The molecule has 0 atom stereocenters. The predicted octanol–water partition coefficient (Wildman–Crippen LogP) is 13.8. The molecule has 0 fully saturated rings. The lowest BCUT2D eigenvalue weighted by molar-refractivity contribution is 1.13. The van der Waals surface area contributed by atoms with Crippen molar-refractivity contribution in [3.05, 3.63) is 217 Å². The average molecular weight is 667 g/mol. The Hall–Kier alpha value is -6.90. The normalized spacial score (nSPS) is 12.3. The summed E-state index contributed by atoms with van der Waals surface area (Å²) in [7, 11) is 0. The minimum atomic E-state index is 0.171. The van der Waals surface area contributed by atoms with Crippen LogP contribution in [0.4, 0.5) is 17.1 Å². The summed E-state index contributed by atoms with van der Waals surface area (Å²) in [6.45, 7) is 0. The van der Waals surface area contributed by atoms with Gasteiger partial charge in [0.25, 0.3) is 0 Å². The van der Waals surface area contributed by atoms with Crippen LogP contribution in [0.2, 0.25) is 0 Å². The third-order valence-corrected chi connectivity index (χ3v) is 9.57. The molecule has 0 aliphatic heterocycles. The van der Waals surface area contributed by atoms with E-state index in [9.17, 15) is 2.74 Å². The molecule has 1 heterocycles. The summed E-state index contributed by atoms with van der Waals surface area (Å²) in [6.07, 6.45) is 0. The molecule has 0 N–H and O–H groups in total. The number of nitrogens with zero attached hydrogens (tertiary/aromatic N) is 2. The maximum Gasteiger partial charge on any atom is 0.0629 e. The van der Waals surface area contributed by atoms with E-state index >= 15 is 0 Å². The highest BCUT2D eigenvalue weighted by atomic mass is 15.1. The van der Waals surface area contributed by atoms with Crippen LogP contribution in [-0.4, -0.2) is 4.57 Å². The third-order valence-electron chi connectivity index (χ3n) is 9.57. The molecular formula is C50H36N2. The lowest BCUT2D eigenvalue weighted by Crippen LogP contribution is -2.09. The topological polar surface area (TPSA) is 8.17 Å². The second-order valence-corrected chi connectivity index (χ2v) is 12.9. The van der Waals surface area contributed by atoms with Crippen LogP contribution < -0.4 is 4.90 Å². The van der Waals surface area contributed by atoms with E-state index in [0.717, 1.165) is 56.0 Å². The van der Waals surface area contributed by atoms with Gasteiger partial charge in [-0.3, -0.25) is 0 Å². The Morgan fingerprint density at radius 1 is 0.423 bits per heavy atom. The highest BCUT2D eigenvalue weighted by Gasteiger charge is 2.21. The fourth-order valence-electron chi connectivity index (χ4n) is 7.16. The molecule has 246 valence electrons. The molecule has 0 saturated carbocycles. The van der Waals surface area contributed by atoms with E-state index in [1.54, 1.807) is 0 Å². The first-order valence-electron chi connectivity index (χ1n) is 18.6. The molecule has 2 heteroatoms. The molecule has 0 bridgehead atoms. The van der Waals surface area contributed by atoms with Crippen LogP contribution in [-0.2, 0) is 0 Å². The second kappa shape index (κ2) is 13.8. The van der Waals surface area contributed by atoms with E-state index in [-0.39, 0.29) is 12.1 Å². The van der Waals surface area contributed by atoms with Gasteiger partial charge < -0.3 is 9.47 Å². The quantitative estimate of drug-likeness (QED) is 0.147. The Balaban J connectivity index is 1.16. The first kappa shape index (κ1) is 28.9. The maximum absolute atomic E-state index is 9.35. The molecule has 52 heavy (non-hydrogen) atoms. The number of benzene rings is 8. The number of para-hydroxylation sites is 2. The number of hydrogen-bond donors (Lipinski definition) is 0. The minimum Gasteiger partial charge on any atom is -0.310 e. The zero-order chi connectivity index (χ0) is 36.4. The molecule has 8 aromatic carbocycles. The van der Waals surface area contributed by atoms with E-state index in [4.69, 9.17) is 0 Å². The summed E-state index contributed by atoms with van der Waals surface area (Å²) < 4.78 is 20.9. The number of anilines is 3. The Morgan fingerprint density at radius 3 is 1.67 bits per heavy atom. The fraction of sp³-hybridized carbons (Fsp3) is 0. The van der Waals surface area contributed by atoms with Crippen molar-refractivity contribution in [2.24, 2.45) is 0 Å². The van der Waals surface area contributed by atoms with Crippen molar-refractivity contribution in [1.29, 1.82) is 0 Å². The summed E-state index contributed by atoms with van der Waals surface area (Å²) in [5.41, 5.74) is 10.9. The first-order chi connectivity index (χ1) is 26.6. The van der Waals surface area contributed by atoms with E-state index in [0.29, 0.717) is 11.1 Å². The van der Waals surface area contributed by atoms with E-state index in [1.165, 1.54) is 10.8 Å². The van der Waals surface area contributed by atoms with Crippen LogP contribution in [0.1, 0.15) is 13.9 Å². The molecule has 0 aliphatic rings. The van der Waals surface area contributed by atoms with Gasteiger partial charge in [0.15, 0.2) is 0 Å². The number of fused-ring (bicyclic) bond motifs is 2. The summed E-state index contributed by atoms with van der Waals surface area (Å²) >= 11 is 0. The lowest BCUT2D eigenvalue weighted by Gasteiger charge is -2.26. The molecule has 0 radical (unpaired) electrons. The van der Waals surface area contributed by atoms with Crippen LogP contribution in [0.25, 0.3) is 61.9 Å². The Morgan fingerprint density at radius 2 is 0.962 bits per heavy atom. The molecule has 0 aliphatic carbocycles. The Kier molecular flexibility index (Phi) is 7.66. The number of rotatable bonds is 8. The van der Waals surface area contributed by atoms with Crippen LogP contribution in [0.3, 0.4) is 0 Å². The van der Waals surface area contributed by atoms with Gasteiger partial charge in [-0.05, 0) is 93.7 Å². The highest BCUT2D eigenvalue weighted by Crippen LogP contribution is 2.43. The van der Waals surface area contributed by atoms with Gasteiger partial charge in [0.2, 0.25) is 0 Å². The molecule has 0 saturated heterocycles. The van der Waals surface area contributed by atoms with Crippen LogP contribution >= 0.6 is 0 Å². The van der Waals surface area contributed by atoms with Gasteiger partial charge in [-0.15, -0.1) is 0 Å². The minimum absolute atomic E-state index is 0.171. The monoisotopic (exact) mass is 666 g/mol. The van der Waals surface area contributed by atoms with Gasteiger partial charge in [-0.1, -0.05) is 158 Å². The molecule has 0 spiro atoms. The summed E-state index contributed by atoms with van der Waals surface area (Å²) in [5.74, 6) is 0. The molecule has 9 rings (SSSR count). The Labute approximate surface area is 307 Å². The van der Waals surface area contributed by atoms with Gasteiger partial charge in [-0.25, -0.2) is 0 Å². The highest BCUT2D eigenvalue weighted by molar-refractivity contribution is 6.06. The Bertz CT molecular complexity index is 2760. The molecule has 9 aromatic rings. The van der Waals surface area contributed by atoms with Crippen molar-refractivity contribution in [2.45, 2.75) is 0 Å². The molecule has 1 aromatic heterocycles. The van der Waals surface area contributed by atoms with Gasteiger partial charge in [0, 0.05) is 33.7 Å². The number of aromatic nitrogens is 1. The first-order valence-corrected chi connectivity index (χ1v) is 17.6.